The third kappa shape index (κ3) is 12.2. The molecule has 4 N–H and O–H groups in total. The maximum absolute atomic E-state index is 10.6. The largest absolute Gasteiger partial charge is 0.377 e. The van der Waals surface area contributed by atoms with E-state index in [1.165, 1.54) is 0 Å². The van der Waals surface area contributed by atoms with Crippen LogP contribution in [0.2, 0.25) is 0 Å². The predicted octanol–water partition coefficient (Wildman–Crippen LogP) is 0.893. The normalized spacial score (nSPS) is 7.27. The number of carbonyl (C=O) groups is 2. The first-order chi connectivity index (χ1) is 7.04. The second-order valence-electron chi connectivity index (χ2n) is 2.32. The molecule has 0 aliphatic heterocycles. The van der Waals surface area contributed by atoms with Crippen LogP contribution in [0, 0.1) is 0 Å². The Morgan fingerprint density at radius 3 is 1.73 bits per heavy atom. The lowest BCUT2D eigenvalue weighted by molar-refractivity contribution is -0.0979. The maximum Gasteiger partial charge on any atom is 0.160 e. The molecule has 0 aliphatic rings. The van der Waals surface area contributed by atoms with Gasteiger partial charge in [0.2, 0.25) is 0 Å². The van der Waals surface area contributed by atoms with E-state index >= 15 is 0 Å². The van der Waals surface area contributed by atoms with Gasteiger partial charge >= 0.3 is 0 Å². The molecule has 0 fully saturated rings. The number of rotatable bonds is 1. The molecule has 0 heterocycles. The number of benzene rings is 1. The van der Waals surface area contributed by atoms with Gasteiger partial charge in [0, 0.05) is 5.56 Å². The van der Waals surface area contributed by atoms with Crippen molar-refractivity contribution in [2.45, 2.75) is 6.92 Å². The summed E-state index contributed by atoms with van der Waals surface area (Å²) in [6.45, 7) is 3.56. The van der Waals surface area contributed by atoms with Crippen molar-refractivity contribution < 1.29 is 9.59 Å². The summed E-state index contributed by atoms with van der Waals surface area (Å²) in [5.74, 6) is 0.121. The summed E-state index contributed by atoms with van der Waals surface area (Å²) in [6.07, 6.45) is 0. The van der Waals surface area contributed by atoms with Crippen LogP contribution in [0.4, 0.5) is 0 Å². The van der Waals surface area contributed by atoms with Gasteiger partial charge in [0.1, 0.15) is 6.79 Å². The van der Waals surface area contributed by atoms with Crippen LogP contribution >= 0.6 is 12.2 Å². The monoisotopic (exact) mass is 226 g/mol. The van der Waals surface area contributed by atoms with Crippen molar-refractivity contribution in [3.63, 3.8) is 0 Å². The van der Waals surface area contributed by atoms with Crippen molar-refractivity contribution in [3.05, 3.63) is 35.9 Å². The molecule has 1 aromatic carbocycles. The molecule has 1 aromatic rings. The van der Waals surface area contributed by atoms with Crippen LogP contribution in [-0.4, -0.2) is 17.7 Å². The van der Waals surface area contributed by atoms with Gasteiger partial charge in [-0.25, -0.2) is 0 Å². The van der Waals surface area contributed by atoms with Crippen LogP contribution in [0.25, 0.3) is 0 Å². The predicted molar refractivity (Wildman–Crippen MR) is 64.5 cm³/mol. The van der Waals surface area contributed by atoms with E-state index in [0.29, 0.717) is 0 Å². The van der Waals surface area contributed by atoms with Crippen molar-refractivity contribution >= 4 is 29.9 Å². The van der Waals surface area contributed by atoms with Crippen LogP contribution in [-0.2, 0) is 4.79 Å². The van der Waals surface area contributed by atoms with Crippen LogP contribution < -0.4 is 11.5 Å². The molecule has 0 aliphatic carbocycles. The minimum atomic E-state index is 0.000000000000000222. The highest BCUT2D eigenvalue weighted by Gasteiger charge is 1.92. The van der Waals surface area contributed by atoms with E-state index in [2.05, 4.69) is 23.7 Å². The van der Waals surface area contributed by atoms with Gasteiger partial charge in [0.25, 0.3) is 0 Å². The lowest BCUT2D eigenvalue weighted by Crippen LogP contribution is -2.18. The van der Waals surface area contributed by atoms with Gasteiger partial charge < -0.3 is 16.3 Å². The van der Waals surface area contributed by atoms with Crippen LogP contribution in [0.3, 0.4) is 0 Å². The Morgan fingerprint density at radius 1 is 1.20 bits per heavy atom. The van der Waals surface area contributed by atoms with E-state index in [0.717, 1.165) is 5.56 Å². The number of Topliss-reactive ketones (excluding diaryl/α,β-unsaturated/α-hetero) is 1. The first kappa shape index (κ1) is 15.7. The zero-order chi connectivity index (χ0) is 12.3. The number of carbonyl (C=O) groups excluding carboxylic acids is 2. The summed E-state index contributed by atoms with van der Waals surface area (Å²) in [4.78, 5) is 18.6. The van der Waals surface area contributed by atoms with Gasteiger partial charge in [-0.1, -0.05) is 30.3 Å². The molecule has 82 valence electrons. The molecule has 0 radical (unpaired) electrons. The number of ketones is 1. The first-order valence-corrected chi connectivity index (χ1v) is 4.34. The van der Waals surface area contributed by atoms with Gasteiger partial charge in [-0.15, -0.1) is 0 Å². The molecule has 4 nitrogen and oxygen atoms in total. The Hall–Kier alpha value is -1.75. The highest BCUT2D eigenvalue weighted by atomic mass is 32.1. The zero-order valence-corrected chi connectivity index (χ0v) is 9.29. The highest BCUT2D eigenvalue weighted by Crippen LogP contribution is 1.97. The van der Waals surface area contributed by atoms with E-state index < -0.39 is 0 Å². The summed E-state index contributed by atoms with van der Waals surface area (Å²) < 4.78 is 0. The van der Waals surface area contributed by atoms with Gasteiger partial charge in [-0.05, 0) is 19.1 Å². The summed E-state index contributed by atoms with van der Waals surface area (Å²) in [5.41, 5.74) is 10.0. The van der Waals surface area contributed by atoms with Crippen molar-refractivity contribution in [2.24, 2.45) is 11.5 Å². The lowest BCUT2D eigenvalue weighted by atomic mass is 10.2. The summed E-state index contributed by atoms with van der Waals surface area (Å²) in [6, 6.07) is 9.23. The van der Waals surface area contributed by atoms with E-state index in [-0.39, 0.29) is 10.9 Å². The molecule has 0 saturated heterocycles. The molecule has 0 aromatic heterocycles. The first-order valence-electron chi connectivity index (χ1n) is 3.93. The standard InChI is InChI=1S/C8H8O.CH4N2S.CH2O/c1-7(9)8-5-3-2-4-6-8;2-1(3)4;1-2/h2-6H,1H3;(H4,2,3,4);1H2. The van der Waals surface area contributed by atoms with Gasteiger partial charge in [-0.3, -0.25) is 4.79 Å². The second-order valence-corrected chi connectivity index (χ2v) is 2.80. The van der Waals surface area contributed by atoms with Crippen molar-refractivity contribution in [2.75, 3.05) is 0 Å². The van der Waals surface area contributed by atoms with Crippen LogP contribution in [0.1, 0.15) is 17.3 Å². The molecular weight excluding hydrogens is 212 g/mol. The Kier molecular flexibility index (Phi) is 10.8. The van der Waals surface area contributed by atoms with Crippen LogP contribution in [0.15, 0.2) is 30.3 Å². The fourth-order valence-electron chi connectivity index (χ4n) is 0.673. The van der Waals surface area contributed by atoms with E-state index in [9.17, 15) is 4.79 Å². The van der Waals surface area contributed by atoms with E-state index in [1.54, 1.807) is 6.92 Å². The Bertz CT molecular complexity index is 298. The molecule has 0 atom stereocenters. The summed E-state index contributed by atoms with van der Waals surface area (Å²) in [5, 5.41) is 0.000000000000000222. The summed E-state index contributed by atoms with van der Waals surface area (Å²) in [7, 11) is 0. The fourth-order valence-corrected chi connectivity index (χ4v) is 0.673. The van der Waals surface area contributed by atoms with Crippen molar-refractivity contribution in [3.8, 4) is 0 Å². The minimum Gasteiger partial charge on any atom is -0.377 e. The SMILES string of the molecule is C=O.CC(=O)c1ccccc1.NC(N)=S. The van der Waals surface area contributed by atoms with Crippen molar-refractivity contribution in [1.29, 1.82) is 0 Å². The van der Waals surface area contributed by atoms with Crippen molar-refractivity contribution in [1.82, 2.24) is 0 Å². The molecule has 0 bridgehead atoms. The number of hydrogen-bond donors (Lipinski definition) is 2. The smallest absolute Gasteiger partial charge is 0.160 e. The lowest BCUT2D eigenvalue weighted by Gasteiger charge is -1.89. The second kappa shape index (κ2) is 10.3. The third-order valence-corrected chi connectivity index (χ3v) is 1.18. The van der Waals surface area contributed by atoms with E-state index in [1.807, 2.05) is 37.1 Å². The molecule has 5 heteroatoms. The maximum atomic E-state index is 10.6. The molecule has 0 amide bonds. The quantitative estimate of drug-likeness (QED) is 0.548. The number of nitrogens with two attached hydrogens (primary N) is 2. The number of thiocarbonyl (C=S) groups is 1. The topological polar surface area (TPSA) is 86.2 Å². The molecule has 1 rings (SSSR count). The molecule has 15 heavy (non-hydrogen) atoms. The number of hydrogen-bond acceptors (Lipinski definition) is 3. The molecule has 0 unspecified atom stereocenters. The molecule has 0 saturated carbocycles. The van der Waals surface area contributed by atoms with Gasteiger partial charge in [0.05, 0.1) is 0 Å². The zero-order valence-electron chi connectivity index (χ0n) is 8.47. The minimum absolute atomic E-state index is 0.000000000000000222. The Labute approximate surface area is 94.3 Å². The Morgan fingerprint density at radius 2 is 1.53 bits per heavy atom. The van der Waals surface area contributed by atoms with E-state index in [4.69, 9.17) is 4.79 Å². The van der Waals surface area contributed by atoms with Gasteiger partial charge in [-0.2, -0.15) is 0 Å². The third-order valence-electron chi connectivity index (χ3n) is 1.18. The van der Waals surface area contributed by atoms with Crippen LogP contribution in [0.5, 0.6) is 0 Å². The average Bonchev–Trinajstić information content (AvgIpc) is 2.21. The fraction of sp³-hybridized carbons (Fsp3) is 0.100. The van der Waals surface area contributed by atoms with Gasteiger partial charge in [0.15, 0.2) is 10.9 Å². The average molecular weight is 226 g/mol. The summed E-state index contributed by atoms with van der Waals surface area (Å²) >= 11 is 4.09. The Balaban J connectivity index is 0. The highest BCUT2D eigenvalue weighted by molar-refractivity contribution is 7.80. The molecular formula is C10H14N2O2S. The molecule has 0 spiro atoms.